The largest absolute Gasteiger partial charge is 0.495 e. The number of aromatic nitrogens is 2. The highest BCUT2D eigenvalue weighted by molar-refractivity contribution is 6.00. The lowest BCUT2D eigenvalue weighted by molar-refractivity contribution is -0.00521. The van der Waals surface area contributed by atoms with Gasteiger partial charge in [-0.25, -0.2) is 0 Å². The van der Waals surface area contributed by atoms with Crippen LogP contribution in [0.1, 0.15) is 19.5 Å². The zero-order valence-electron chi connectivity index (χ0n) is 19.6. The first-order valence-electron chi connectivity index (χ1n) is 11.4. The standard InChI is InChI=1S/C28H29N3O2/c1-18-16-31(17-19(2)33-18)22-12-10-21(11-13-22)26-15-30-27-24(23-9-6-14-29-20(23)3)7-5-8-25(27)28(26)32-4/h5-15,18-19H,16-17H2,1-4H3/t18-,19?/m1/s1. The Morgan fingerprint density at radius 1 is 0.879 bits per heavy atom. The number of nitrogens with zero attached hydrogens (tertiary/aromatic N) is 3. The van der Waals surface area contributed by atoms with Crippen LogP contribution in [0.2, 0.25) is 0 Å². The number of benzene rings is 2. The number of aryl methyl sites for hydroxylation is 1. The molecule has 33 heavy (non-hydrogen) atoms. The molecule has 3 heterocycles. The van der Waals surface area contributed by atoms with Gasteiger partial charge in [-0.2, -0.15) is 0 Å². The molecule has 4 aromatic rings. The number of fused-ring (bicyclic) bond motifs is 1. The Kier molecular flexibility index (Phi) is 5.73. The van der Waals surface area contributed by atoms with Crippen molar-refractivity contribution in [2.24, 2.45) is 0 Å². The molecule has 2 atom stereocenters. The van der Waals surface area contributed by atoms with Crippen molar-refractivity contribution >= 4 is 16.6 Å². The average molecular weight is 440 g/mol. The number of hydrogen-bond acceptors (Lipinski definition) is 5. The van der Waals surface area contributed by atoms with E-state index in [1.807, 2.05) is 25.4 Å². The normalized spacial score (nSPS) is 18.5. The van der Waals surface area contributed by atoms with Crippen molar-refractivity contribution in [2.75, 3.05) is 25.1 Å². The number of para-hydroxylation sites is 1. The molecule has 0 aliphatic carbocycles. The van der Waals surface area contributed by atoms with Gasteiger partial charge in [-0.1, -0.05) is 30.3 Å². The van der Waals surface area contributed by atoms with E-state index in [0.29, 0.717) is 0 Å². The molecule has 1 saturated heterocycles. The van der Waals surface area contributed by atoms with Crippen LogP contribution in [-0.4, -0.2) is 42.4 Å². The van der Waals surface area contributed by atoms with E-state index >= 15 is 0 Å². The Labute approximate surface area is 195 Å². The van der Waals surface area contributed by atoms with E-state index in [-0.39, 0.29) is 12.2 Å². The second-order valence-corrected chi connectivity index (χ2v) is 8.75. The van der Waals surface area contributed by atoms with Crippen molar-refractivity contribution in [3.63, 3.8) is 0 Å². The average Bonchev–Trinajstić information content (AvgIpc) is 2.83. The molecule has 0 spiro atoms. The Hall–Kier alpha value is -3.44. The smallest absolute Gasteiger partial charge is 0.137 e. The van der Waals surface area contributed by atoms with Crippen LogP contribution in [0, 0.1) is 6.92 Å². The first-order valence-corrected chi connectivity index (χ1v) is 11.4. The Balaban J connectivity index is 1.55. The van der Waals surface area contributed by atoms with Crippen LogP contribution in [0.3, 0.4) is 0 Å². The summed E-state index contributed by atoms with van der Waals surface area (Å²) in [6.07, 6.45) is 4.20. The van der Waals surface area contributed by atoms with Crippen LogP contribution in [0.25, 0.3) is 33.2 Å². The SMILES string of the molecule is COc1c(-c2ccc(N3CC(C)O[C@H](C)C3)cc2)cnc2c(-c3cccnc3C)cccc12. The minimum atomic E-state index is 0.232. The molecule has 1 aliphatic heterocycles. The Morgan fingerprint density at radius 2 is 1.61 bits per heavy atom. The number of methoxy groups -OCH3 is 1. The molecule has 2 aromatic carbocycles. The van der Waals surface area contributed by atoms with E-state index in [4.69, 9.17) is 14.5 Å². The first-order chi connectivity index (χ1) is 16.0. The predicted molar refractivity (Wildman–Crippen MR) is 134 cm³/mol. The molecule has 5 heteroatoms. The summed E-state index contributed by atoms with van der Waals surface area (Å²) in [6, 6.07) is 18.9. The molecule has 168 valence electrons. The van der Waals surface area contributed by atoms with Gasteiger partial charge in [0, 0.05) is 58.9 Å². The summed E-state index contributed by atoms with van der Waals surface area (Å²) in [5.41, 5.74) is 7.34. The van der Waals surface area contributed by atoms with Crippen molar-refractivity contribution in [1.29, 1.82) is 0 Å². The maximum Gasteiger partial charge on any atom is 0.137 e. The van der Waals surface area contributed by atoms with E-state index in [0.717, 1.165) is 57.7 Å². The van der Waals surface area contributed by atoms with Gasteiger partial charge in [-0.15, -0.1) is 0 Å². The third-order valence-corrected chi connectivity index (χ3v) is 6.31. The van der Waals surface area contributed by atoms with Crippen LogP contribution in [-0.2, 0) is 4.74 Å². The fourth-order valence-corrected chi connectivity index (χ4v) is 4.85. The summed E-state index contributed by atoms with van der Waals surface area (Å²) >= 11 is 0. The van der Waals surface area contributed by atoms with Crippen LogP contribution in [0.15, 0.2) is 67.0 Å². The van der Waals surface area contributed by atoms with E-state index in [1.54, 1.807) is 7.11 Å². The summed E-state index contributed by atoms with van der Waals surface area (Å²) in [5.74, 6) is 0.838. The van der Waals surface area contributed by atoms with Crippen molar-refractivity contribution in [2.45, 2.75) is 33.0 Å². The molecule has 0 radical (unpaired) electrons. The molecule has 1 unspecified atom stereocenters. The minimum absolute atomic E-state index is 0.232. The van der Waals surface area contributed by atoms with Crippen LogP contribution >= 0.6 is 0 Å². The molecular weight excluding hydrogens is 410 g/mol. The fraction of sp³-hybridized carbons (Fsp3) is 0.286. The number of pyridine rings is 2. The second-order valence-electron chi connectivity index (χ2n) is 8.75. The molecule has 5 rings (SSSR count). The molecule has 2 aromatic heterocycles. The van der Waals surface area contributed by atoms with Crippen LogP contribution < -0.4 is 9.64 Å². The highest BCUT2D eigenvalue weighted by atomic mass is 16.5. The van der Waals surface area contributed by atoms with Gasteiger partial charge in [0.2, 0.25) is 0 Å². The monoisotopic (exact) mass is 439 g/mol. The van der Waals surface area contributed by atoms with Crippen molar-refractivity contribution in [3.8, 4) is 28.0 Å². The summed E-state index contributed by atoms with van der Waals surface area (Å²) in [7, 11) is 1.73. The molecule has 0 amide bonds. The van der Waals surface area contributed by atoms with Crippen LogP contribution in [0.5, 0.6) is 5.75 Å². The molecular formula is C28H29N3O2. The zero-order valence-corrected chi connectivity index (χ0v) is 19.6. The van der Waals surface area contributed by atoms with Crippen molar-refractivity contribution < 1.29 is 9.47 Å². The number of morpholine rings is 1. The van der Waals surface area contributed by atoms with Gasteiger partial charge in [-0.3, -0.25) is 9.97 Å². The lowest BCUT2D eigenvalue weighted by Crippen LogP contribution is -2.45. The number of rotatable bonds is 4. The maximum atomic E-state index is 5.93. The highest BCUT2D eigenvalue weighted by Gasteiger charge is 2.22. The minimum Gasteiger partial charge on any atom is -0.495 e. The lowest BCUT2D eigenvalue weighted by Gasteiger charge is -2.36. The van der Waals surface area contributed by atoms with Gasteiger partial charge in [0.05, 0.1) is 24.8 Å². The first kappa shape index (κ1) is 21.4. The third kappa shape index (κ3) is 4.05. The zero-order chi connectivity index (χ0) is 22.9. The van der Waals surface area contributed by atoms with Gasteiger partial charge in [0.15, 0.2) is 0 Å². The molecule has 1 fully saturated rings. The van der Waals surface area contributed by atoms with Crippen molar-refractivity contribution in [3.05, 3.63) is 72.7 Å². The van der Waals surface area contributed by atoms with E-state index in [2.05, 4.69) is 72.3 Å². The molecule has 5 nitrogen and oxygen atoms in total. The molecule has 1 aliphatic rings. The summed E-state index contributed by atoms with van der Waals surface area (Å²) in [4.78, 5) is 11.7. The van der Waals surface area contributed by atoms with Gasteiger partial charge in [0.1, 0.15) is 5.75 Å². The topological polar surface area (TPSA) is 47.5 Å². The Morgan fingerprint density at radius 3 is 2.30 bits per heavy atom. The van der Waals surface area contributed by atoms with Crippen molar-refractivity contribution in [1.82, 2.24) is 9.97 Å². The van der Waals surface area contributed by atoms with Gasteiger partial charge >= 0.3 is 0 Å². The lowest BCUT2D eigenvalue weighted by atomic mass is 9.98. The summed E-state index contributed by atoms with van der Waals surface area (Å²) in [6.45, 7) is 8.09. The Bertz CT molecular complexity index is 1280. The summed E-state index contributed by atoms with van der Waals surface area (Å²) in [5, 5.41) is 0.996. The molecule has 0 bridgehead atoms. The van der Waals surface area contributed by atoms with Gasteiger partial charge < -0.3 is 14.4 Å². The predicted octanol–water partition coefficient (Wildman–Crippen LogP) is 5.89. The van der Waals surface area contributed by atoms with Crippen LogP contribution in [0.4, 0.5) is 5.69 Å². The number of anilines is 1. The van der Waals surface area contributed by atoms with Gasteiger partial charge in [-0.05, 0) is 50.6 Å². The highest BCUT2D eigenvalue weighted by Crippen LogP contribution is 2.39. The van der Waals surface area contributed by atoms with E-state index < -0.39 is 0 Å². The van der Waals surface area contributed by atoms with Gasteiger partial charge in [0.25, 0.3) is 0 Å². The summed E-state index contributed by atoms with van der Waals surface area (Å²) < 4.78 is 11.8. The van der Waals surface area contributed by atoms with E-state index in [1.165, 1.54) is 5.69 Å². The number of ether oxygens (including phenoxy) is 2. The third-order valence-electron chi connectivity index (χ3n) is 6.31. The maximum absolute atomic E-state index is 5.93. The molecule has 0 saturated carbocycles. The van der Waals surface area contributed by atoms with E-state index in [9.17, 15) is 0 Å². The molecule has 0 N–H and O–H groups in total. The second kappa shape index (κ2) is 8.83. The quantitative estimate of drug-likeness (QED) is 0.397. The fourth-order valence-electron chi connectivity index (χ4n) is 4.85. The number of hydrogen-bond donors (Lipinski definition) is 0.